The van der Waals surface area contributed by atoms with Crippen LogP contribution in [0.2, 0.25) is 0 Å². The van der Waals surface area contributed by atoms with Crippen LogP contribution in [0, 0.1) is 5.92 Å². The Hall–Kier alpha value is 0.140. The Morgan fingerprint density at radius 1 is 1.54 bits per heavy atom. The highest BCUT2D eigenvalue weighted by atomic mass is 79.9. The highest BCUT2D eigenvalue weighted by Crippen LogP contribution is 2.36. The van der Waals surface area contributed by atoms with Crippen LogP contribution in [-0.2, 0) is 5.54 Å². The number of hydrogen-bond acceptors (Lipinski definition) is 2. The normalized spacial score (nSPS) is 16.2. The first-order valence-electron chi connectivity index (χ1n) is 4.53. The monoisotopic (exact) mass is 261 g/mol. The minimum Gasteiger partial charge on any atom is -0.321 e. The molecule has 0 aliphatic rings. The van der Waals surface area contributed by atoms with Crippen molar-refractivity contribution in [3.63, 3.8) is 0 Å². The lowest BCUT2D eigenvalue weighted by Crippen LogP contribution is -2.41. The Balaban J connectivity index is 3.10. The van der Waals surface area contributed by atoms with E-state index in [0.717, 1.165) is 10.9 Å². The van der Waals surface area contributed by atoms with Gasteiger partial charge in [0.25, 0.3) is 0 Å². The smallest absolute Gasteiger partial charge is 0.0449 e. The Bertz CT molecular complexity index is 282. The van der Waals surface area contributed by atoms with Gasteiger partial charge in [-0.3, -0.25) is 0 Å². The van der Waals surface area contributed by atoms with Crippen LogP contribution < -0.4 is 5.73 Å². The van der Waals surface area contributed by atoms with Gasteiger partial charge >= 0.3 is 0 Å². The Kier molecular flexibility index (Phi) is 3.55. The summed E-state index contributed by atoms with van der Waals surface area (Å²) in [6.07, 6.45) is 0.972. The fourth-order valence-corrected chi connectivity index (χ4v) is 3.28. The van der Waals surface area contributed by atoms with Gasteiger partial charge in [-0.1, -0.05) is 20.8 Å². The summed E-state index contributed by atoms with van der Waals surface area (Å²) in [6.45, 7) is 6.49. The highest BCUT2D eigenvalue weighted by Gasteiger charge is 2.31. The third kappa shape index (κ3) is 1.97. The van der Waals surface area contributed by atoms with E-state index >= 15 is 0 Å². The van der Waals surface area contributed by atoms with E-state index < -0.39 is 0 Å². The molecule has 1 nitrogen and oxygen atoms in total. The van der Waals surface area contributed by atoms with Crippen LogP contribution in [0.1, 0.15) is 32.8 Å². The Labute approximate surface area is 92.5 Å². The molecule has 0 saturated heterocycles. The summed E-state index contributed by atoms with van der Waals surface area (Å²) in [5.41, 5.74) is 7.45. The van der Waals surface area contributed by atoms with Gasteiger partial charge in [0.1, 0.15) is 0 Å². The van der Waals surface area contributed by atoms with Crippen molar-refractivity contribution < 1.29 is 0 Å². The van der Waals surface area contributed by atoms with Gasteiger partial charge in [-0.25, -0.2) is 0 Å². The van der Waals surface area contributed by atoms with E-state index in [1.54, 1.807) is 11.3 Å². The minimum absolute atomic E-state index is 0.182. The van der Waals surface area contributed by atoms with Crippen molar-refractivity contribution in [2.75, 3.05) is 0 Å². The molecule has 1 unspecified atom stereocenters. The maximum absolute atomic E-state index is 6.38. The summed E-state index contributed by atoms with van der Waals surface area (Å²) < 4.78 is 1.15. The van der Waals surface area contributed by atoms with E-state index in [9.17, 15) is 0 Å². The first-order chi connectivity index (χ1) is 6.02. The topological polar surface area (TPSA) is 26.0 Å². The van der Waals surface area contributed by atoms with Crippen molar-refractivity contribution >= 4 is 27.3 Å². The molecule has 1 heterocycles. The number of hydrogen-bond donors (Lipinski definition) is 1. The molecule has 3 heteroatoms. The van der Waals surface area contributed by atoms with Crippen molar-refractivity contribution in [1.29, 1.82) is 0 Å². The van der Waals surface area contributed by atoms with Gasteiger partial charge in [-0.2, -0.15) is 11.3 Å². The van der Waals surface area contributed by atoms with Crippen molar-refractivity contribution in [2.45, 2.75) is 32.7 Å². The summed E-state index contributed by atoms with van der Waals surface area (Å²) >= 11 is 5.24. The maximum Gasteiger partial charge on any atom is 0.0449 e. The lowest BCUT2D eigenvalue weighted by molar-refractivity contribution is 0.305. The molecule has 1 aromatic heterocycles. The molecule has 0 aliphatic heterocycles. The zero-order chi connectivity index (χ0) is 10.1. The van der Waals surface area contributed by atoms with Crippen molar-refractivity contribution in [3.8, 4) is 0 Å². The van der Waals surface area contributed by atoms with Crippen LogP contribution in [0.4, 0.5) is 0 Å². The lowest BCUT2D eigenvalue weighted by atomic mass is 9.80. The predicted octanol–water partition coefficient (Wildman–Crippen LogP) is 3.73. The summed E-state index contributed by atoms with van der Waals surface area (Å²) in [4.78, 5) is 0. The van der Waals surface area contributed by atoms with Crippen LogP contribution in [0.25, 0.3) is 0 Å². The zero-order valence-electron chi connectivity index (χ0n) is 8.30. The average Bonchev–Trinajstić information content (AvgIpc) is 2.50. The van der Waals surface area contributed by atoms with Gasteiger partial charge in [-0.15, -0.1) is 0 Å². The quantitative estimate of drug-likeness (QED) is 0.882. The molecular weight excluding hydrogens is 246 g/mol. The van der Waals surface area contributed by atoms with Crippen molar-refractivity contribution in [3.05, 3.63) is 20.8 Å². The van der Waals surface area contributed by atoms with E-state index in [1.807, 2.05) is 0 Å². The number of nitrogens with two attached hydrogens (primary N) is 1. The molecule has 0 aliphatic carbocycles. The highest BCUT2D eigenvalue weighted by molar-refractivity contribution is 9.10. The molecule has 0 saturated carbocycles. The van der Waals surface area contributed by atoms with Crippen molar-refractivity contribution in [2.24, 2.45) is 11.7 Å². The molecule has 0 radical (unpaired) electrons. The molecule has 1 atom stereocenters. The molecule has 2 N–H and O–H groups in total. The first kappa shape index (κ1) is 11.2. The van der Waals surface area contributed by atoms with E-state index in [0.29, 0.717) is 5.92 Å². The molecule has 0 aromatic carbocycles. The van der Waals surface area contributed by atoms with Crippen LogP contribution in [0.3, 0.4) is 0 Å². The lowest BCUT2D eigenvalue weighted by Gasteiger charge is -2.32. The van der Waals surface area contributed by atoms with E-state index in [2.05, 4.69) is 47.5 Å². The average molecular weight is 262 g/mol. The largest absolute Gasteiger partial charge is 0.321 e. The summed E-state index contributed by atoms with van der Waals surface area (Å²) in [7, 11) is 0. The summed E-state index contributed by atoms with van der Waals surface area (Å²) in [5.74, 6) is 0.461. The van der Waals surface area contributed by atoms with Gasteiger partial charge in [-0.05, 0) is 39.2 Å². The summed E-state index contributed by atoms with van der Waals surface area (Å²) in [5, 5.41) is 4.24. The second-order valence-corrected chi connectivity index (χ2v) is 5.28. The third-order valence-corrected chi connectivity index (χ3v) is 4.43. The van der Waals surface area contributed by atoms with Crippen LogP contribution in [0.15, 0.2) is 15.2 Å². The van der Waals surface area contributed by atoms with Gasteiger partial charge in [0.2, 0.25) is 0 Å². The van der Waals surface area contributed by atoms with Gasteiger partial charge in [0.15, 0.2) is 0 Å². The summed E-state index contributed by atoms with van der Waals surface area (Å²) in [6, 6.07) is 0. The Morgan fingerprint density at radius 2 is 2.15 bits per heavy atom. The fraction of sp³-hybridized carbons (Fsp3) is 0.600. The van der Waals surface area contributed by atoms with Gasteiger partial charge in [0, 0.05) is 15.4 Å². The molecule has 1 aromatic rings. The van der Waals surface area contributed by atoms with E-state index in [-0.39, 0.29) is 5.54 Å². The SMILES string of the molecule is CCC(N)(c1cscc1Br)C(C)C. The molecule has 0 bridgehead atoms. The van der Waals surface area contributed by atoms with E-state index in [4.69, 9.17) is 5.73 Å². The second-order valence-electron chi connectivity index (χ2n) is 3.68. The molecule has 0 fully saturated rings. The maximum atomic E-state index is 6.38. The van der Waals surface area contributed by atoms with Gasteiger partial charge < -0.3 is 5.73 Å². The fourth-order valence-electron chi connectivity index (χ4n) is 1.52. The minimum atomic E-state index is -0.182. The van der Waals surface area contributed by atoms with Gasteiger partial charge in [0.05, 0.1) is 0 Å². The number of halogens is 1. The molecule has 13 heavy (non-hydrogen) atoms. The van der Waals surface area contributed by atoms with E-state index in [1.165, 1.54) is 5.56 Å². The first-order valence-corrected chi connectivity index (χ1v) is 6.27. The molecule has 0 amide bonds. The molecule has 74 valence electrons. The Morgan fingerprint density at radius 3 is 2.46 bits per heavy atom. The third-order valence-electron chi connectivity index (χ3n) is 2.73. The van der Waals surface area contributed by atoms with Crippen LogP contribution >= 0.6 is 27.3 Å². The second kappa shape index (κ2) is 4.11. The van der Waals surface area contributed by atoms with Crippen LogP contribution in [-0.4, -0.2) is 0 Å². The number of thiophene rings is 1. The predicted molar refractivity (Wildman–Crippen MR) is 63.0 cm³/mol. The van der Waals surface area contributed by atoms with Crippen LogP contribution in [0.5, 0.6) is 0 Å². The zero-order valence-corrected chi connectivity index (χ0v) is 10.7. The van der Waals surface area contributed by atoms with Crippen molar-refractivity contribution in [1.82, 2.24) is 0 Å². The molecule has 0 spiro atoms. The number of rotatable bonds is 3. The standard InChI is InChI=1S/C10H16BrNS/c1-4-10(12,7(2)3)8-5-13-6-9(8)11/h5-7H,4,12H2,1-3H3. The molecule has 1 rings (SSSR count). The molecular formula is C10H16BrNS.